The van der Waals surface area contributed by atoms with Crippen LogP contribution < -0.4 is 16.4 Å². The Bertz CT molecular complexity index is 1110. The van der Waals surface area contributed by atoms with Gasteiger partial charge in [0.05, 0.1) is 11.6 Å². The summed E-state index contributed by atoms with van der Waals surface area (Å²) in [5, 5.41) is 9.84. The van der Waals surface area contributed by atoms with Crippen molar-refractivity contribution in [1.29, 1.82) is 5.26 Å². The number of nitrogens with zero attached hydrogens (tertiary/aromatic N) is 1. The van der Waals surface area contributed by atoms with Crippen molar-refractivity contribution in [3.63, 3.8) is 0 Å². The lowest BCUT2D eigenvalue weighted by atomic mass is 9.36. The molecule has 0 saturated carbocycles. The van der Waals surface area contributed by atoms with Gasteiger partial charge in [0.15, 0.2) is 0 Å². The van der Waals surface area contributed by atoms with E-state index in [9.17, 15) is 5.26 Å². The SMILES string of the molecule is Cc1cccc2c1Sc1c(C)c(C#N)c(C)c3c1B2c1cccc(C)c1S3. The van der Waals surface area contributed by atoms with Gasteiger partial charge < -0.3 is 0 Å². The topological polar surface area (TPSA) is 23.8 Å². The van der Waals surface area contributed by atoms with Crippen LogP contribution in [0.25, 0.3) is 0 Å². The van der Waals surface area contributed by atoms with Crippen molar-refractivity contribution >= 4 is 46.6 Å². The van der Waals surface area contributed by atoms with Gasteiger partial charge in [-0.2, -0.15) is 5.26 Å². The van der Waals surface area contributed by atoms with Gasteiger partial charge in [-0.25, -0.2) is 0 Å². The number of benzene rings is 3. The number of hydrogen-bond acceptors (Lipinski definition) is 3. The van der Waals surface area contributed by atoms with Crippen LogP contribution in [0.15, 0.2) is 56.0 Å². The normalized spacial score (nSPS) is 13.5. The summed E-state index contributed by atoms with van der Waals surface area (Å²) in [5.41, 5.74) is 9.97. The molecule has 0 aliphatic carbocycles. The van der Waals surface area contributed by atoms with E-state index in [1.54, 1.807) is 0 Å². The average Bonchev–Trinajstić information content (AvgIpc) is 2.66. The average molecular weight is 383 g/mol. The molecule has 130 valence electrons. The van der Waals surface area contributed by atoms with Crippen molar-refractivity contribution in [2.24, 2.45) is 0 Å². The van der Waals surface area contributed by atoms with Crippen molar-refractivity contribution in [2.45, 2.75) is 47.3 Å². The summed E-state index contributed by atoms with van der Waals surface area (Å²) in [7, 11) is 0. The van der Waals surface area contributed by atoms with E-state index in [4.69, 9.17) is 0 Å². The summed E-state index contributed by atoms with van der Waals surface area (Å²) in [6, 6.07) is 15.8. The summed E-state index contributed by atoms with van der Waals surface area (Å²) >= 11 is 3.71. The quantitative estimate of drug-likeness (QED) is 0.374. The van der Waals surface area contributed by atoms with Crippen LogP contribution in [-0.4, -0.2) is 6.71 Å². The van der Waals surface area contributed by atoms with E-state index in [0.717, 1.165) is 16.7 Å². The lowest BCUT2D eigenvalue weighted by Gasteiger charge is -2.36. The molecule has 0 bridgehead atoms. The third-order valence-electron chi connectivity index (χ3n) is 5.84. The van der Waals surface area contributed by atoms with Crippen LogP contribution in [0.4, 0.5) is 0 Å². The number of fused-ring (bicyclic) bond motifs is 4. The van der Waals surface area contributed by atoms with Crippen LogP contribution in [0.1, 0.15) is 27.8 Å². The Labute approximate surface area is 169 Å². The summed E-state index contributed by atoms with van der Waals surface area (Å²) in [6.45, 7) is 8.88. The molecule has 0 N–H and O–H groups in total. The third kappa shape index (κ3) is 2.22. The van der Waals surface area contributed by atoms with Gasteiger partial charge in [0, 0.05) is 19.6 Å². The molecule has 2 heterocycles. The molecule has 0 unspecified atom stereocenters. The molecule has 5 rings (SSSR count). The van der Waals surface area contributed by atoms with Gasteiger partial charge in [-0.05, 0) is 55.4 Å². The van der Waals surface area contributed by atoms with E-state index in [1.807, 2.05) is 23.5 Å². The Balaban J connectivity index is 1.95. The van der Waals surface area contributed by atoms with Crippen molar-refractivity contribution in [1.82, 2.24) is 0 Å². The first-order valence-corrected chi connectivity index (χ1v) is 10.8. The highest BCUT2D eigenvalue weighted by Gasteiger charge is 2.40. The predicted octanol–water partition coefficient (Wildman–Crippen LogP) is 4.24. The molecule has 27 heavy (non-hydrogen) atoms. The smallest absolute Gasteiger partial charge is 0.192 e. The molecule has 4 heteroatoms. The van der Waals surface area contributed by atoms with E-state index in [-0.39, 0.29) is 6.71 Å². The number of rotatable bonds is 0. The van der Waals surface area contributed by atoms with E-state index in [1.165, 1.54) is 47.1 Å². The maximum Gasteiger partial charge on any atom is 0.247 e. The Morgan fingerprint density at radius 3 is 1.67 bits per heavy atom. The number of hydrogen-bond donors (Lipinski definition) is 0. The molecule has 1 nitrogen and oxygen atoms in total. The minimum atomic E-state index is 0.257. The highest BCUT2D eigenvalue weighted by Crippen LogP contribution is 2.44. The van der Waals surface area contributed by atoms with Gasteiger partial charge in [0.25, 0.3) is 0 Å². The molecule has 0 fully saturated rings. The standard InChI is InChI=1S/C23H18BNS2/c1-12-7-5-9-17-20(12)26-22-14(3)16(11-25)15(4)23-19(22)24(17)18-10-6-8-13(2)21(18)27-23/h5-10H,1-4H3. The first-order chi connectivity index (χ1) is 13.0. The van der Waals surface area contributed by atoms with Crippen LogP contribution in [-0.2, 0) is 0 Å². The second-order valence-corrected chi connectivity index (χ2v) is 9.47. The van der Waals surface area contributed by atoms with Crippen LogP contribution >= 0.6 is 23.5 Å². The van der Waals surface area contributed by atoms with Crippen molar-refractivity contribution in [3.8, 4) is 6.07 Å². The summed E-state index contributed by atoms with van der Waals surface area (Å²) in [5.74, 6) is 0. The molecule has 3 aromatic rings. The van der Waals surface area contributed by atoms with Crippen molar-refractivity contribution in [2.75, 3.05) is 0 Å². The molecule has 0 radical (unpaired) electrons. The summed E-state index contributed by atoms with van der Waals surface area (Å²) in [4.78, 5) is 5.30. The molecule has 3 aromatic carbocycles. The fraction of sp³-hybridized carbons (Fsp3) is 0.174. The minimum Gasteiger partial charge on any atom is -0.192 e. The zero-order valence-electron chi connectivity index (χ0n) is 15.8. The third-order valence-corrected chi connectivity index (χ3v) is 8.82. The molecule has 2 aliphatic heterocycles. The van der Waals surface area contributed by atoms with Gasteiger partial charge in [-0.15, -0.1) is 0 Å². The van der Waals surface area contributed by atoms with E-state index in [2.05, 4.69) is 70.2 Å². The van der Waals surface area contributed by atoms with E-state index < -0.39 is 0 Å². The second kappa shape index (κ2) is 5.96. The molecule has 0 amide bonds. The lowest BCUT2D eigenvalue weighted by molar-refractivity contribution is 1.16. The highest BCUT2D eigenvalue weighted by molar-refractivity contribution is 8.01. The van der Waals surface area contributed by atoms with Gasteiger partial charge in [0.1, 0.15) is 0 Å². The van der Waals surface area contributed by atoms with Gasteiger partial charge >= 0.3 is 0 Å². The predicted molar refractivity (Wildman–Crippen MR) is 116 cm³/mol. The van der Waals surface area contributed by atoms with Gasteiger partial charge in [0.2, 0.25) is 6.71 Å². The summed E-state index contributed by atoms with van der Waals surface area (Å²) in [6.07, 6.45) is 0. The zero-order valence-corrected chi connectivity index (χ0v) is 17.4. The zero-order chi connectivity index (χ0) is 18.9. The van der Waals surface area contributed by atoms with Crippen LogP contribution in [0, 0.1) is 39.0 Å². The van der Waals surface area contributed by atoms with Crippen molar-refractivity contribution < 1.29 is 0 Å². The number of nitriles is 1. The maximum absolute atomic E-state index is 9.84. The molecule has 0 aromatic heterocycles. The van der Waals surface area contributed by atoms with E-state index >= 15 is 0 Å². The van der Waals surface area contributed by atoms with Gasteiger partial charge in [-0.3, -0.25) is 0 Å². The van der Waals surface area contributed by atoms with Crippen molar-refractivity contribution in [3.05, 3.63) is 64.2 Å². The molecule has 2 aliphatic rings. The Morgan fingerprint density at radius 2 is 1.22 bits per heavy atom. The molecular formula is C23H18BNS2. The monoisotopic (exact) mass is 383 g/mol. The van der Waals surface area contributed by atoms with Crippen LogP contribution in [0.5, 0.6) is 0 Å². The first-order valence-electron chi connectivity index (χ1n) is 9.14. The maximum atomic E-state index is 9.84. The minimum absolute atomic E-state index is 0.257. The largest absolute Gasteiger partial charge is 0.247 e. The fourth-order valence-corrected chi connectivity index (χ4v) is 7.18. The van der Waals surface area contributed by atoms with E-state index in [0.29, 0.717) is 0 Å². The van der Waals surface area contributed by atoms with Crippen LogP contribution in [0.3, 0.4) is 0 Å². The van der Waals surface area contributed by atoms with Crippen LogP contribution in [0.2, 0.25) is 0 Å². The Kier molecular flexibility index (Phi) is 3.76. The number of aryl methyl sites for hydroxylation is 2. The second-order valence-electron chi connectivity index (χ2n) is 7.43. The Morgan fingerprint density at radius 1 is 0.741 bits per heavy atom. The molecule has 0 atom stereocenters. The highest BCUT2D eigenvalue weighted by atomic mass is 32.2. The molecular weight excluding hydrogens is 365 g/mol. The fourth-order valence-electron chi connectivity index (χ4n) is 4.47. The lowest BCUT2D eigenvalue weighted by Crippen LogP contribution is -2.58. The first kappa shape index (κ1) is 17.0. The molecule has 0 saturated heterocycles. The Hall–Kier alpha value is -2.09. The summed E-state index contributed by atoms with van der Waals surface area (Å²) < 4.78 is 0. The van der Waals surface area contributed by atoms with Gasteiger partial charge in [-0.1, -0.05) is 70.8 Å². The molecule has 0 spiro atoms.